The van der Waals surface area contributed by atoms with Gasteiger partial charge in [-0.15, -0.1) is 11.3 Å². The van der Waals surface area contributed by atoms with Gasteiger partial charge in [0.25, 0.3) is 0 Å². The number of hydrogen-bond donors (Lipinski definition) is 1. The lowest BCUT2D eigenvalue weighted by molar-refractivity contribution is -0.115. The molecule has 0 aliphatic heterocycles. The highest BCUT2D eigenvalue weighted by Crippen LogP contribution is 2.36. The molecular weight excluding hydrogens is 456 g/mol. The summed E-state index contributed by atoms with van der Waals surface area (Å²) < 4.78 is 1.02. The average molecular weight is 477 g/mol. The molecule has 0 radical (unpaired) electrons. The molecule has 3 aromatic carbocycles. The quantitative estimate of drug-likeness (QED) is 0.335. The number of carbonyl (C=O) groups is 1. The third-order valence-electron chi connectivity index (χ3n) is 4.80. The lowest BCUT2D eigenvalue weighted by Gasteiger charge is -2.07. The molecule has 0 fully saturated rings. The van der Waals surface area contributed by atoms with Crippen LogP contribution in [-0.4, -0.2) is 10.9 Å². The van der Waals surface area contributed by atoms with Crippen molar-refractivity contribution < 1.29 is 4.79 Å². The van der Waals surface area contributed by atoms with Crippen LogP contribution in [0.3, 0.4) is 0 Å². The number of anilines is 1. The molecule has 0 unspecified atom stereocenters. The minimum atomic E-state index is -0.0741. The molecule has 0 aliphatic rings. The van der Waals surface area contributed by atoms with Gasteiger partial charge in [0.1, 0.15) is 5.01 Å². The highest BCUT2D eigenvalue weighted by Gasteiger charge is 2.17. The second-order valence-corrected chi connectivity index (χ2v) is 9.07. The van der Waals surface area contributed by atoms with E-state index in [0.717, 1.165) is 42.4 Å². The summed E-state index contributed by atoms with van der Waals surface area (Å²) in [5.41, 5.74) is 6.02. The van der Waals surface area contributed by atoms with Gasteiger partial charge < -0.3 is 5.32 Å². The first-order valence-corrected chi connectivity index (χ1v) is 11.3. The topological polar surface area (TPSA) is 42.0 Å². The minimum Gasteiger partial charge on any atom is -0.326 e. The number of aromatic nitrogens is 1. The van der Waals surface area contributed by atoms with Crippen LogP contribution in [0.25, 0.3) is 21.0 Å². The van der Waals surface area contributed by atoms with Gasteiger partial charge >= 0.3 is 0 Å². The predicted molar refractivity (Wildman–Crippen MR) is 129 cm³/mol. The van der Waals surface area contributed by atoms with Gasteiger partial charge in [0.15, 0.2) is 0 Å². The van der Waals surface area contributed by atoms with Crippen molar-refractivity contribution in [3.05, 3.63) is 94.1 Å². The second-order valence-electron chi connectivity index (χ2n) is 7.22. The van der Waals surface area contributed by atoms with Gasteiger partial charge in [0.05, 0.1) is 17.0 Å². The largest absolute Gasteiger partial charge is 0.326 e. The van der Waals surface area contributed by atoms with Crippen molar-refractivity contribution >= 4 is 38.9 Å². The SMILES string of the molecule is Cc1ccc(-c2sc(-c3ccccc3)nc2CC(=O)Nc2ccc(Br)c(C)c2)cc1. The summed E-state index contributed by atoms with van der Waals surface area (Å²) in [5.74, 6) is -0.0741. The van der Waals surface area contributed by atoms with E-state index in [1.807, 2.05) is 55.5 Å². The van der Waals surface area contributed by atoms with E-state index >= 15 is 0 Å². The molecule has 0 bridgehead atoms. The van der Waals surface area contributed by atoms with Gasteiger partial charge in [0, 0.05) is 15.7 Å². The van der Waals surface area contributed by atoms with Crippen molar-refractivity contribution in [3.8, 4) is 21.0 Å². The Balaban J connectivity index is 1.65. The smallest absolute Gasteiger partial charge is 0.230 e. The Morgan fingerprint density at radius 3 is 2.40 bits per heavy atom. The molecule has 0 saturated heterocycles. The summed E-state index contributed by atoms with van der Waals surface area (Å²) in [7, 11) is 0. The van der Waals surface area contributed by atoms with E-state index in [2.05, 4.69) is 52.4 Å². The number of carbonyl (C=O) groups excluding carboxylic acids is 1. The van der Waals surface area contributed by atoms with Crippen LogP contribution < -0.4 is 5.32 Å². The van der Waals surface area contributed by atoms with Crippen LogP contribution in [0, 0.1) is 13.8 Å². The summed E-state index contributed by atoms with van der Waals surface area (Å²) in [6.45, 7) is 4.07. The fraction of sp³-hybridized carbons (Fsp3) is 0.120. The van der Waals surface area contributed by atoms with Crippen molar-refractivity contribution in [2.75, 3.05) is 5.32 Å². The van der Waals surface area contributed by atoms with Gasteiger partial charge in [-0.05, 0) is 43.2 Å². The molecule has 3 nitrogen and oxygen atoms in total. The molecule has 5 heteroatoms. The zero-order valence-electron chi connectivity index (χ0n) is 16.8. The summed E-state index contributed by atoms with van der Waals surface area (Å²) in [4.78, 5) is 18.7. The van der Waals surface area contributed by atoms with Crippen molar-refractivity contribution in [2.24, 2.45) is 0 Å². The van der Waals surface area contributed by atoms with Crippen molar-refractivity contribution in [2.45, 2.75) is 20.3 Å². The van der Waals surface area contributed by atoms with E-state index in [1.165, 1.54) is 5.56 Å². The Kier molecular flexibility index (Phi) is 6.11. The fourth-order valence-corrected chi connectivity index (χ4v) is 4.53. The van der Waals surface area contributed by atoms with E-state index in [0.29, 0.717) is 0 Å². The van der Waals surface area contributed by atoms with Gasteiger partial charge in [-0.1, -0.05) is 76.1 Å². The molecule has 30 heavy (non-hydrogen) atoms. The van der Waals surface area contributed by atoms with Crippen LogP contribution in [0.15, 0.2) is 77.3 Å². The maximum atomic E-state index is 12.8. The second kappa shape index (κ2) is 8.94. The predicted octanol–water partition coefficient (Wildman–Crippen LogP) is 7.04. The molecule has 0 atom stereocenters. The zero-order chi connectivity index (χ0) is 21.1. The van der Waals surface area contributed by atoms with Gasteiger partial charge in [0.2, 0.25) is 5.91 Å². The number of halogens is 1. The van der Waals surface area contributed by atoms with Crippen LogP contribution in [-0.2, 0) is 11.2 Å². The number of nitrogens with zero attached hydrogens (tertiary/aromatic N) is 1. The monoisotopic (exact) mass is 476 g/mol. The molecule has 1 heterocycles. The van der Waals surface area contributed by atoms with Crippen molar-refractivity contribution in [3.63, 3.8) is 0 Å². The maximum absolute atomic E-state index is 12.8. The molecule has 1 aromatic heterocycles. The highest BCUT2D eigenvalue weighted by atomic mass is 79.9. The van der Waals surface area contributed by atoms with Crippen molar-refractivity contribution in [1.29, 1.82) is 0 Å². The number of aryl methyl sites for hydroxylation is 2. The van der Waals surface area contributed by atoms with E-state index in [9.17, 15) is 4.79 Å². The molecule has 4 rings (SSSR count). The van der Waals surface area contributed by atoms with Crippen molar-refractivity contribution in [1.82, 2.24) is 4.98 Å². The normalized spacial score (nSPS) is 10.8. The van der Waals surface area contributed by atoms with E-state index < -0.39 is 0 Å². The Morgan fingerprint density at radius 2 is 1.70 bits per heavy atom. The Labute approximate surface area is 189 Å². The average Bonchev–Trinajstić information content (AvgIpc) is 3.15. The van der Waals surface area contributed by atoms with E-state index in [1.54, 1.807) is 11.3 Å². The number of amides is 1. The number of thiazole rings is 1. The van der Waals surface area contributed by atoms with Crippen LogP contribution in [0.2, 0.25) is 0 Å². The van der Waals surface area contributed by atoms with E-state index in [-0.39, 0.29) is 12.3 Å². The number of hydrogen-bond acceptors (Lipinski definition) is 3. The van der Waals surface area contributed by atoms with Crippen LogP contribution in [0.5, 0.6) is 0 Å². The van der Waals surface area contributed by atoms with E-state index in [4.69, 9.17) is 4.98 Å². The fourth-order valence-electron chi connectivity index (χ4n) is 3.19. The third kappa shape index (κ3) is 4.69. The standard InChI is InChI=1S/C25H21BrN2OS/c1-16-8-10-18(11-9-16)24-22(28-25(30-24)19-6-4-3-5-7-19)15-23(29)27-20-12-13-21(26)17(2)14-20/h3-14H,15H2,1-2H3,(H,27,29). The lowest BCUT2D eigenvalue weighted by atomic mass is 10.1. The van der Waals surface area contributed by atoms with Crippen LogP contribution in [0.4, 0.5) is 5.69 Å². The summed E-state index contributed by atoms with van der Waals surface area (Å²) in [6.07, 6.45) is 0.224. The molecule has 1 N–H and O–H groups in total. The van der Waals surface area contributed by atoms with Gasteiger partial charge in [-0.25, -0.2) is 4.98 Å². The Morgan fingerprint density at radius 1 is 0.967 bits per heavy atom. The zero-order valence-corrected chi connectivity index (χ0v) is 19.2. The highest BCUT2D eigenvalue weighted by molar-refractivity contribution is 9.10. The van der Waals surface area contributed by atoms with Gasteiger partial charge in [-0.2, -0.15) is 0 Å². The number of rotatable bonds is 5. The summed E-state index contributed by atoms with van der Waals surface area (Å²) in [6, 6.07) is 24.3. The maximum Gasteiger partial charge on any atom is 0.230 e. The third-order valence-corrected chi connectivity index (χ3v) is 6.89. The molecule has 0 saturated carbocycles. The Hall–Kier alpha value is -2.76. The minimum absolute atomic E-state index is 0.0741. The first-order valence-electron chi connectivity index (χ1n) is 9.68. The molecule has 4 aromatic rings. The lowest BCUT2D eigenvalue weighted by Crippen LogP contribution is -2.15. The number of benzene rings is 3. The molecule has 0 aliphatic carbocycles. The first kappa shape index (κ1) is 20.5. The summed E-state index contributed by atoms with van der Waals surface area (Å²) >= 11 is 5.12. The summed E-state index contributed by atoms with van der Waals surface area (Å²) in [5, 5.41) is 3.92. The molecular formula is C25H21BrN2OS. The van der Waals surface area contributed by atoms with Crippen LogP contribution in [0.1, 0.15) is 16.8 Å². The molecule has 0 spiro atoms. The van der Waals surface area contributed by atoms with Gasteiger partial charge in [-0.3, -0.25) is 4.79 Å². The van der Waals surface area contributed by atoms with Crippen LogP contribution >= 0.6 is 27.3 Å². The molecule has 1 amide bonds. The Bertz CT molecular complexity index is 1180. The first-order chi connectivity index (χ1) is 14.5. The number of nitrogens with one attached hydrogen (secondary N) is 1. The molecule has 150 valence electrons.